The zero-order valence-corrected chi connectivity index (χ0v) is 13.6. The molecule has 120 valence electrons. The molecule has 2 saturated heterocycles. The van der Waals surface area contributed by atoms with Gasteiger partial charge in [-0.05, 0) is 24.7 Å². The molecule has 2 aliphatic rings. The van der Waals surface area contributed by atoms with E-state index in [9.17, 15) is 9.59 Å². The number of amides is 2. The minimum atomic E-state index is -0.375. The van der Waals surface area contributed by atoms with Crippen molar-refractivity contribution in [2.75, 3.05) is 13.2 Å². The van der Waals surface area contributed by atoms with Crippen molar-refractivity contribution in [1.82, 2.24) is 10.2 Å². The van der Waals surface area contributed by atoms with Crippen LogP contribution in [0.25, 0.3) is 0 Å². The summed E-state index contributed by atoms with van der Waals surface area (Å²) in [6.07, 6.45) is 2.54. The highest BCUT2D eigenvalue weighted by Gasteiger charge is 2.46. The zero-order valence-electron chi connectivity index (χ0n) is 13.6. The number of nitrogens with one attached hydrogen (secondary N) is 1. The van der Waals surface area contributed by atoms with E-state index in [1.54, 1.807) is 0 Å². The lowest BCUT2D eigenvalue weighted by molar-refractivity contribution is -0.158. The summed E-state index contributed by atoms with van der Waals surface area (Å²) in [5.41, 5.74) is 0. The van der Waals surface area contributed by atoms with Crippen molar-refractivity contribution in [3.8, 4) is 0 Å². The van der Waals surface area contributed by atoms with Gasteiger partial charge in [-0.15, -0.1) is 0 Å². The summed E-state index contributed by atoms with van der Waals surface area (Å²) in [5.74, 6) is 0.377. The predicted octanol–water partition coefficient (Wildman–Crippen LogP) is 1.56. The van der Waals surface area contributed by atoms with Crippen molar-refractivity contribution in [2.45, 2.75) is 65.1 Å². The van der Waals surface area contributed by atoms with E-state index < -0.39 is 0 Å². The van der Waals surface area contributed by atoms with Gasteiger partial charge in [0.25, 0.3) is 0 Å². The summed E-state index contributed by atoms with van der Waals surface area (Å²) in [6, 6.07) is -0.586. The van der Waals surface area contributed by atoms with Crippen LogP contribution in [0.15, 0.2) is 0 Å². The van der Waals surface area contributed by atoms with E-state index in [0.717, 1.165) is 19.3 Å². The molecule has 2 amide bonds. The van der Waals surface area contributed by atoms with E-state index in [2.05, 4.69) is 12.2 Å². The molecule has 1 N–H and O–H groups in total. The molecule has 2 fully saturated rings. The molecule has 21 heavy (non-hydrogen) atoms. The number of carbonyl (C=O) groups excluding carboxylic acids is 2. The molecule has 2 rings (SSSR count). The van der Waals surface area contributed by atoms with Gasteiger partial charge in [-0.25, -0.2) is 0 Å². The molecule has 0 saturated carbocycles. The van der Waals surface area contributed by atoms with Gasteiger partial charge >= 0.3 is 0 Å². The van der Waals surface area contributed by atoms with Crippen LogP contribution >= 0.6 is 0 Å². The Morgan fingerprint density at radius 3 is 2.38 bits per heavy atom. The van der Waals surface area contributed by atoms with Crippen LogP contribution in [0.4, 0.5) is 0 Å². The van der Waals surface area contributed by atoms with Crippen LogP contribution in [0.5, 0.6) is 0 Å². The second-order valence-electron chi connectivity index (χ2n) is 6.65. The van der Waals surface area contributed by atoms with Crippen molar-refractivity contribution in [1.29, 1.82) is 0 Å². The zero-order chi connectivity index (χ0) is 15.6. The van der Waals surface area contributed by atoms with Crippen LogP contribution in [0.2, 0.25) is 0 Å². The Bertz CT molecular complexity index is 391. The summed E-state index contributed by atoms with van der Waals surface area (Å²) in [7, 11) is 0. The lowest BCUT2D eigenvalue weighted by Gasteiger charge is -2.47. The number of hydrogen-bond donors (Lipinski definition) is 1. The maximum absolute atomic E-state index is 13.0. The molecule has 0 radical (unpaired) electrons. The maximum atomic E-state index is 13.0. The average Bonchev–Trinajstić information content (AvgIpc) is 2.48. The summed E-state index contributed by atoms with van der Waals surface area (Å²) in [6.45, 7) is 9.45. The maximum Gasteiger partial charge on any atom is 0.246 e. The Balaban J connectivity index is 2.27. The van der Waals surface area contributed by atoms with Gasteiger partial charge < -0.3 is 15.0 Å². The topological polar surface area (TPSA) is 58.6 Å². The third-order valence-electron chi connectivity index (χ3n) is 4.82. The monoisotopic (exact) mass is 296 g/mol. The van der Waals surface area contributed by atoms with Gasteiger partial charge in [-0.3, -0.25) is 9.59 Å². The molecule has 0 aromatic rings. The first-order valence-electron chi connectivity index (χ1n) is 8.17. The van der Waals surface area contributed by atoms with Crippen molar-refractivity contribution < 1.29 is 14.3 Å². The van der Waals surface area contributed by atoms with Crippen molar-refractivity contribution in [2.24, 2.45) is 11.8 Å². The summed E-state index contributed by atoms with van der Waals surface area (Å²) >= 11 is 0. The normalized spacial score (nSPS) is 29.7. The number of nitrogens with zero attached hydrogens (tertiary/aromatic N) is 1. The molecule has 0 aromatic carbocycles. The quantitative estimate of drug-likeness (QED) is 0.856. The molecular formula is C16H28N2O3. The fourth-order valence-corrected chi connectivity index (χ4v) is 3.34. The van der Waals surface area contributed by atoms with Crippen molar-refractivity contribution in [3.05, 3.63) is 0 Å². The Morgan fingerprint density at radius 1 is 1.24 bits per heavy atom. The molecule has 0 bridgehead atoms. The SMILES string of the molecule is CCC(C)C1NC(=O)C(C(C)C)N(C2CCOCC2)C1=O. The van der Waals surface area contributed by atoms with E-state index >= 15 is 0 Å². The molecule has 5 heteroatoms. The van der Waals surface area contributed by atoms with Crippen LogP contribution in [0.3, 0.4) is 0 Å². The largest absolute Gasteiger partial charge is 0.381 e. The second-order valence-corrected chi connectivity index (χ2v) is 6.65. The minimum Gasteiger partial charge on any atom is -0.381 e. The smallest absolute Gasteiger partial charge is 0.246 e. The lowest BCUT2D eigenvalue weighted by atomic mass is 9.88. The third kappa shape index (κ3) is 3.23. The standard InChI is InChI=1S/C16H28N2O3/c1-5-11(4)13-16(20)18(12-6-8-21-9-7-12)14(10(2)3)15(19)17-13/h10-14H,5-9H2,1-4H3,(H,17,19). The molecule has 5 nitrogen and oxygen atoms in total. The van der Waals surface area contributed by atoms with Gasteiger partial charge in [-0.1, -0.05) is 34.1 Å². The van der Waals surface area contributed by atoms with E-state index in [1.165, 1.54) is 0 Å². The fourth-order valence-electron chi connectivity index (χ4n) is 3.34. The lowest BCUT2D eigenvalue weighted by Crippen LogP contribution is -2.68. The van der Waals surface area contributed by atoms with Gasteiger partial charge in [0.1, 0.15) is 12.1 Å². The molecule has 0 spiro atoms. The predicted molar refractivity (Wildman–Crippen MR) is 80.7 cm³/mol. The number of piperazine rings is 1. The Morgan fingerprint density at radius 2 is 1.86 bits per heavy atom. The van der Waals surface area contributed by atoms with E-state index in [0.29, 0.717) is 13.2 Å². The van der Waals surface area contributed by atoms with Crippen LogP contribution < -0.4 is 5.32 Å². The number of hydrogen-bond acceptors (Lipinski definition) is 3. The number of rotatable bonds is 4. The molecule has 2 heterocycles. The summed E-state index contributed by atoms with van der Waals surface area (Å²) in [5, 5.41) is 2.96. The third-order valence-corrected chi connectivity index (χ3v) is 4.82. The summed E-state index contributed by atoms with van der Waals surface area (Å²) in [4.78, 5) is 27.4. The van der Waals surface area contributed by atoms with Gasteiger partial charge in [0.05, 0.1) is 0 Å². The average molecular weight is 296 g/mol. The first-order chi connectivity index (χ1) is 9.97. The van der Waals surface area contributed by atoms with Crippen molar-refractivity contribution in [3.63, 3.8) is 0 Å². The molecule has 3 atom stereocenters. The minimum absolute atomic E-state index is 0.00129. The molecule has 3 unspecified atom stereocenters. The van der Waals surface area contributed by atoms with Crippen LogP contribution in [0.1, 0.15) is 47.0 Å². The Hall–Kier alpha value is -1.10. The molecule has 0 aliphatic carbocycles. The highest BCUT2D eigenvalue weighted by atomic mass is 16.5. The highest BCUT2D eigenvalue weighted by Crippen LogP contribution is 2.27. The van der Waals surface area contributed by atoms with E-state index in [1.807, 2.05) is 25.7 Å². The second kappa shape index (κ2) is 6.77. The van der Waals surface area contributed by atoms with Crippen LogP contribution in [-0.2, 0) is 14.3 Å². The Labute approximate surface area is 127 Å². The first kappa shape index (κ1) is 16.3. The first-order valence-corrected chi connectivity index (χ1v) is 8.17. The van der Waals surface area contributed by atoms with Crippen molar-refractivity contribution >= 4 is 11.8 Å². The van der Waals surface area contributed by atoms with Gasteiger partial charge in [-0.2, -0.15) is 0 Å². The summed E-state index contributed by atoms with van der Waals surface area (Å²) < 4.78 is 5.41. The van der Waals surface area contributed by atoms with Gasteiger partial charge in [0, 0.05) is 19.3 Å². The van der Waals surface area contributed by atoms with Crippen LogP contribution in [0, 0.1) is 11.8 Å². The molecule has 2 aliphatic heterocycles. The van der Waals surface area contributed by atoms with Crippen LogP contribution in [-0.4, -0.2) is 48.1 Å². The Kier molecular flexibility index (Phi) is 5.25. The number of carbonyl (C=O) groups is 2. The van der Waals surface area contributed by atoms with Gasteiger partial charge in [0.15, 0.2) is 0 Å². The molecular weight excluding hydrogens is 268 g/mol. The van der Waals surface area contributed by atoms with E-state index in [4.69, 9.17) is 4.74 Å². The van der Waals surface area contributed by atoms with Gasteiger partial charge in [0.2, 0.25) is 11.8 Å². The van der Waals surface area contributed by atoms with E-state index in [-0.39, 0.29) is 41.8 Å². The fraction of sp³-hybridized carbons (Fsp3) is 0.875. The highest BCUT2D eigenvalue weighted by molar-refractivity contribution is 5.97. The molecule has 0 aromatic heterocycles. The number of ether oxygens (including phenoxy) is 1.